The number of rotatable bonds is 3. The number of anilines is 2. The van der Waals surface area contributed by atoms with Crippen LogP contribution in [0.4, 0.5) is 11.5 Å². The van der Waals surface area contributed by atoms with Gasteiger partial charge in [-0.05, 0) is 36.8 Å². The molecular formula is C13H15N3. The highest BCUT2D eigenvalue weighted by Crippen LogP contribution is 2.09. The molecule has 1 aromatic heterocycles. The second kappa shape index (κ2) is 4.66. The molecule has 0 aliphatic heterocycles. The average Bonchev–Trinajstić information content (AvgIpc) is 2.28. The van der Waals surface area contributed by atoms with E-state index in [9.17, 15) is 0 Å². The van der Waals surface area contributed by atoms with E-state index in [0.29, 0.717) is 0 Å². The molecule has 0 saturated heterocycles. The normalized spacial score (nSPS) is 10.1. The van der Waals surface area contributed by atoms with Crippen LogP contribution in [0.5, 0.6) is 0 Å². The van der Waals surface area contributed by atoms with Gasteiger partial charge in [0.05, 0.1) is 0 Å². The minimum Gasteiger partial charge on any atom is -0.399 e. The monoisotopic (exact) mass is 213 g/mol. The molecule has 0 unspecified atom stereocenters. The smallest absolute Gasteiger partial charge is 0.126 e. The van der Waals surface area contributed by atoms with E-state index in [1.807, 2.05) is 49.4 Å². The fraction of sp³-hybridized carbons (Fsp3) is 0.154. The summed E-state index contributed by atoms with van der Waals surface area (Å²) in [6.07, 6.45) is 0. The third kappa shape index (κ3) is 2.73. The Morgan fingerprint density at radius 3 is 2.56 bits per heavy atom. The van der Waals surface area contributed by atoms with Gasteiger partial charge in [-0.3, -0.25) is 0 Å². The molecule has 1 heterocycles. The van der Waals surface area contributed by atoms with Gasteiger partial charge >= 0.3 is 0 Å². The van der Waals surface area contributed by atoms with Crippen molar-refractivity contribution < 1.29 is 0 Å². The summed E-state index contributed by atoms with van der Waals surface area (Å²) in [5.41, 5.74) is 8.62. The number of hydrogen-bond acceptors (Lipinski definition) is 3. The van der Waals surface area contributed by atoms with Gasteiger partial charge in [0, 0.05) is 17.9 Å². The lowest BCUT2D eigenvalue weighted by Gasteiger charge is -2.06. The molecule has 0 fully saturated rings. The predicted octanol–water partition coefficient (Wildman–Crippen LogP) is 2.58. The van der Waals surface area contributed by atoms with E-state index in [1.165, 1.54) is 5.56 Å². The number of aryl methyl sites for hydroxylation is 1. The lowest BCUT2D eigenvalue weighted by atomic mass is 10.2. The van der Waals surface area contributed by atoms with Crippen LogP contribution in [0.3, 0.4) is 0 Å². The van der Waals surface area contributed by atoms with E-state index in [1.54, 1.807) is 0 Å². The molecule has 0 saturated carbocycles. The molecule has 1 aromatic carbocycles. The van der Waals surface area contributed by atoms with Crippen LogP contribution in [0.15, 0.2) is 42.5 Å². The van der Waals surface area contributed by atoms with Gasteiger partial charge in [-0.1, -0.05) is 18.2 Å². The van der Waals surface area contributed by atoms with Crippen molar-refractivity contribution in [3.05, 3.63) is 53.7 Å². The summed E-state index contributed by atoms with van der Waals surface area (Å²) in [6.45, 7) is 2.74. The molecule has 3 N–H and O–H groups in total. The summed E-state index contributed by atoms with van der Waals surface area (Å²) in [4.78, 5) is 4.37. The van der Waals surface area contributed by atoms with Crippen LogP contribution in [-0.4, -0.2) is 4.98 Å². The largest absolute Gasteiger partial charge is 0.399 e. The highest BCUT2D eigenvalue weighted by molar-refractivity contribution is 5.41. The highest BCUT2D eigenvalue weighted by atomic mass is 15.0. The van der Waals surface area contributed by atoms with Crippen molar-refractivity contribution in [1.82, 2.24) is 4.98 Å². The van der Waals surface area contributed by atoms with Gasteiger partial charge in [-0.15, -0.1) is 0 Å². The molecule has 0 spiro atoms. The SMILES string of the molecule is Cc1cccc(NCc2ccc(N)cc2)n1. The van der Waals surface area contributed by atoms with E-state index in [4.69, 9.17) is 5.73 Å². The van der Waals surface area contributed by atoms with Crippen LogP contribution < -0.4 is 11.1 Å². The molecule has 0 bridgehead atoms. The van der Waals surface area contributed by atoms with Crippen molar-refractivity contribution in [2.24, 2.45) is 0 Å². The molecule has 0 atom stereocenters. The number of nitrogen functional groups attached to an aromatic ring is 1. The molecule has 0 amide bonds. The van der Waals surface area contributed by atoms with Gasteiger partial charge in [0.25, 0.3) is 0 Å². The number of nitrogens with zero attached hydrogens (tertiary/aromatic N) is 1. The zero-order chi connectivity index (χ0) is 11.4. The third-order valence-corrected chi connectivity index (χ3v) is 2.34. The number of benzene rings is 1. The van der Waals surface area contributed by atoms with Crippen molar-refractivity contribution in [2.75, 3.05) is 11.1 Å². The standard InChI is InChI=1S/C13H15N3/c1-10-3-2-4-13(16-10)15-9-11-5-7-12(14)8-6-11/h2-8H,9,14H2,1H3,(H,15,16). The van der Waals surface area contributed by atoms with Crippen molar-refractivity contribution in [1.29, 1.82) is 0 Å². The second-order valence-corrected chi connectivity index (χ2v) is 3.76. The highest BCUT2D eigenvalue weighted by Gasteiger charge is 1.95. The van der Waals surface area contributed by atoms with Gasteiger partial charge in [0.2, 0.25) is 0 Å². The number of aromatic nitrogens is 1. The van der Waals surface area contributed by atoms with Crippen molar-refractivity contribution in [3.8, 4) is 0 Å². The lowest BCUT2D eigenvalue weighted by Crippen LogP contribution is -2.01. The number of hydrogen-bond donors (Lipinski definition) is 2. The summed E-state index contributed by atoms with van der Waals surface area (Å²) in [5.74, 6) is 0.900. The van der Waals surface area contributed by atoms with Crippen LogP contribution in [0.1, 0.15) is 11.3 Å². The number of nitrogens with two attached hydrogens (primary N) is 1. The topological polar surface area (TPSA) is 50.9 Å². The van der Waals surface area contributed by atoms with Gasteiger partial charge in [0.15, 0.2) is 0 Å². The second-order valence-electron chi connectivity index (χ2n) is 3.76. The summed E-state index contributed by atoms with van der Waals surface area (Å²) < 4.78 is 0. The molecule has 16 heavy (non-hydrogen) atoms. The zero-order valence-corrected chi connectivity index (χ0v) is 9.27. The first-order chi connectivity index (χ1) is 7.74. The first-order valence-electron chi connectivity index (χ1n) is 5.26. The third-order valence-electron chi connectivity index (χ3n) is 2.34. The van der Waals surface area contributed by atoms with Gasteiger partial charge in [-0.25, -0.2) is 4.98 Å². The van der Waals surface area contributed by atoms with E-state index in [0.717, 1.165) is 23.7 Å². The molecule has 3 heteroatoms. The lowest BCUT2D eigenvalue weighted by molar-refractivity contribution is 1.09. The van der Waals surface area contributed by atoms with Crippen molar-refractivity contribution in [3.63, 3.8) is 0 Å². The minimum absolute atomic E-state index is 0.761. The Hall–Kier alpha value is -2.03. The Labute approximate surface area is 95.3 Å². The van der Waals surface area contributed by atoms with Crippen molar-refractivity contribution >= 4 is 11.5 Å². The predicted molar refractivity (Wildman–Crippen MR) is 67.2 cm³/mol. The Morgan fingerprint density at radius 1 is 1.12 bits per heavy atom. The van der Waals surface area contributed by atoms with E-state index < -0.39 is 0 Å². The maximum absolute atomic E-state index is 5.62. The van der Waals surface area contributed by atoms with Gasteiger partial charge in [-0.2, -0.15) is 0 Å². The summed E-state index contributed by atoms with van der Waals surface area (Å²) >= 11 is 0. The Bertz CT molecular complexity index is 463. The minimum atomic E-state index is 0.761. The molecule has 2 rings (SSSR count). The summed E-state index contributed by atoms with van der Waals surface area (Å²) in [5, 5.41) is 3.27. The van der Waals surface area contributed by atoms with E-state index in [2.05, 4.69) is 10.3 Å². The summed E-state index contributed by atoms with van der Waals surface area (Å²) in [7, 11) is 0. The van der Waals surface area contributed by atoms with Crippen LogP contribution in [0.2, 0.25) is 0 Å². The van der Waals surface area contributed by atoms with Gasteiger partial charge < -0.3 is 11.1 Å². The maximum Gasteiger partial charge on any atom is 0.126 e. The van der Waals surface area contributed by atoms with Crippen molar-refractivity contribution in [2.45, 2.75) is 13.5 Å². The van der Waals surface area contributed by atoms with E-state index >= 15 is 0 Å². The van der Waals surface area contributed by atoms with Crippen LogP contribution >= 0.6 is 0 Å². The van der Waals surface area contributed by atoms with Crippen LogP contribution in [0.25, 0.3) is 0 Å². The maximum atomic E-state index is 5.62. The molecule has 0 aliphatic rings. The Morgan fingerprint density at radius 2 is 1.88 bits per heavy atom. The fourth-order valence-corrected chi connectivity index (χ4v) is 1.47. The van der Waals surface area contributed by atoms with Crippen LogP contribution in [0, 0.1) is 6.92 Å². The zero-order valence-electron chi connectivity index (χ0n) is 9.27. The average molecular weight is 213 g/mol. The molecule has 3 nitrogen and oxygen atoms in total. The van der Waals surface area contributed by atoms with Crippen LogP contribution in [-0.2, 0) is 6.54 Å². The number of pyridine rings is 1. The molecule has 82 valence electrons. The quantitative estimate of drug-likeness (QED) is 0.770. The summed E-state index contributed by atoms with van der Waals surface area (Å²) in [6, 6.07) is 13.8. The van der Waals surface area contributed by atoms with E-state index in [-0.39, 0.29) is 0 Å². The fourth-order valence-electron chi connectivity index (χ4n) is 1.47. The molecule has 0 radical (unpaired) electrons. The first kappa shape index (κ1) is 10.5. The molecular weight excluding hydrogens is 198 g/mol. The first-order valence-corrected chi connectivity index (χ1v) is 5.26. The Kier molecular flexibility index (Phi) is 3.05. The molecule has 2 aromatic rings. The molecule has 0 aliphatic carbocycles. The number of nitrogens with one attached hydrogen (secondary N) is 1. The van der Waals surface area contributed by atoms with Gasteiger partial charge in [0.1, 0.15) is 5.82 Å². The Balaban J connectivity index is 1.99.